The minimum atomic E-state index is -1.40. The molecule has 88 heavy (non-hydrogen) atoms. The molecule has 482 valence electrons. The van der Waals surface area contributed by atoms with Crippen LogP contribution in [0.2, 0.25) is 0 Å². The van der Waals surface area contributed by atoms with Crippen molar-refractivity contribution in [3.05, 3.63) is 168 Å². The van der Waals surface area contributed by atoms with E-state index in [1.54, 1.807) is 84.9 Å². The fraction of sp³-hybridized carbons (Fsp3) is 0.579. The number of benzene rings is 4. The molecule has 1 amide bonds. The fourth-order valence-electron chi connectivity index (χ4n) is 11.5. The van der Waals surface area contributed by atoms with Gasteiger partial charge in [-0.3, -0.25) is 4.79 Å². The molecule has 1 N–H and O–H groups in total. The second-order valence-electron chi connectivity index (χ2n) is 24.1. The Morgan fingerprint density at radius 1 is 0.477 bits per heavy atom. The van der Waals surface area contributed by atoms with E-state index >= 15 is 0 Å². The molecule has 2 aliphatic rings. The monoisotopic (exact) mass is 1210 g/mol. The van der Waals surface area contributed by atoms with Crippen LogP contribution in [-0.4, -0.2) is 79.9 Å². The predicted octanol–water partition coefficient (Wildman–Crippen LogP) is 18.6. The maximum absolute atomic E-state index is 14.2. The number of carbonyl (C=O) groups is 4. The number of hydrogen-bond donors (Lipinski definition) is 1. The Labute approximate surface area is 528 Å². The Hall–Kier alpha value is -5.92. The van der Waals surface area contributed by atoms with Crippen molar-refractivity contribution >= 4 is 23.8 Å². The van der Waals surface area contributed by atoms with Gasteiger partial charge < -0.3 is 38.5 Å². The molecule has 0 spiro atoms. The lowest BCUT2D eigenvalue weighted by Crippen LogP contribution is -2.64. The molecule has 0 aliphatic carbocycles. The van der Waals surface area contributed by atoms with Crippen LogP contribution in [0.25, 0.3) is 0 Å². The van der Waals surface area contributed by atoms with E-state index in [0.717, 1.165) is 50.5 Å². The quantitative estimate of drug-likeness (QED) is 0.0195. The molecule has 4 aromatic carbocycles. The van der Waals surface area contributed by atoms with Gasteiger partial charge in [0.1, 0.15) is 18.3 Å². The zero-order chi connectivity index (χ0) is 61.9. The second kappa shape index (κ2) is 44.5. The van der Waals surface area contributed by atoms with Gasteiger partial charge in [0.25, 0.3) is 0 Å². The summed E-state index contributed by atoms with van der Waals surface area (Å²) in [4.78, 5) is 56.6. The van der Waals surface area contributed by atoms with Gasteiger partial charge in [-0.15, -0.1) is 0 Å². The summed E-state index contributed by atoms with van der Waals surface area (Å²) in [7, 11) is 0. The number of amides is 1. The third kappa shape index (κ3) is 27.9. The highest BCUT2D eigenvalue weighted by atomic mass is 16.8. The predicted molar refractivity (Wildman–Crippen MR) is 351 cm³/mol. The van der Waals surface area contributed by atoms with Crippen LogP contribution < -0.4 is 5.32 Å². The number of esters is 3. The van der Waals surface area contributed by atoms with Crippen molar-refractivity contribution in [2.75, 3.05) is 13.2 Å². The van der Waals surface area contributed by atoms with Crippen molar-refractivity contribution in [2.45, 2.75) is 268 Å². The third-order valence-corrected chi connectivity index (χ3v) is 16.8. The lowest BCUT2D eigenvalue weighted by molar-refractivity contribution is -0.360. The average Bonchev–Trinajstić information content (AvgIpc) is 1.26. The Morgan fingerprint density at radius 3 is 1.36 bits per heavy atom. The summed E-state index contributed by atoms with van der Waals surface area (Å²) in [5.74, 6) is -2.15. The molecule has 0 radical (unpaired) electrons. The lowest BCUT2D eigenvalue weighted by atomic mass is 9.96. The summed E-state index contributed by atoms with van der Waals surface area (Å²) in [6.07, 6.45) is 38.6. The number of ether oxygens (including phenoxy) is 7. The molecule has 2 fully saturated rings. The molecule has 12 nitrogen and oxygen atoms in total. The molecule has 1 unspecified atom stereocenters. The van der Waals surface area contributed by atoms with Crippen molar-refractivity contribution in [3.8, 4) is 0 Å². The highest BCUT2D eigenvalue weighted by Crippen LogP contribution is 2.38. The number of rotatable bonds is 46. The smallest absolute Gasteiger partial charge is 0.338 e. The number of unbranched alkanes of at least 4 members (excludes halogenated alkanes) is 28. The van der Waals surface area contributed by atoms with E-state index < -0.39 is 67.0 Å². The standard InChI is InChI=1S/C76H107NO11/c1-3-5-7-9-11-13-15-17-18-19-20-21-22-23-24-26-28-30-32-34-48-58-68(78)77-65(66(84-72(79)61-49-39-35-40-50-61)57-47-33-31-29-27-25-16-14-12-10-8-6-4-2)59-82-76-71(87-74(81)63-53-43-37-44-54-63)70(86-73(80)62-51-41-36-42-52-62)69-67(85-76)60-83-75(88-69)64-55-45-38-46-56-64/h17-18,35-47,49-57,65-67,69-71,75-76H,3-16,19-34,48,58-60H2,1-2H3,(H,77,78)/b18-17+,57-47+/t65-,66+,67+,69-,70-,71+,75?,76-/m0/s1. The van der Waals surface area contributed by atoms with Gasteiger partial charge in [-0.2, -0.15) is 0 Å². The molecular weight excluding hydrogens is 1100 g/mol. The number of nitrogens with one attached hydrogen (secondary N) is 1. The topological polar surface area (TPSA) is 145 Å². The van der Waals surface area contributed by atoms with Crippen LogP contribution in [0.1, 0.15) is 262 Å². The van der Waals surface area contributed by atoms with E-state index in [1.807, 2.05) is 48.6 Å². The van der Waals surface area contributed by atoms with Gasteiger partial charge in [-0.05, 0) is 87.4 Å². The molecule has 0 aromatic heterocycles. The van der Waals surface area contributed by atoms with Crippen molar-refractivity contribution in [3.63, 3.8) is 0 Å². The summed E-state index contributed by atoms with van der Waals surface area (Å²) in [5.41, 5.74) is 1.63. The van der Waals surface area contributed by atoms with E-state index in [-0.39, 0.29) is 36.7 Å². The van der Waals surface area contributed by atoms with Gasteiger partial charge in [-0.25, -0.2) is 14.4 Å². The summed E-state index contributed by atoms with van der Waals surface area (Å²) in [6.45, 7) is 4.28. The maximum atomic E-state index is 14.2. The minimum Gasteiger partial charge on any atom is -0.452 e. The highest BCUT2D eigenvalue weighted by molar-refractivity contribution is 5.91. The van der Waals surface area contributed by atoms with Crippen molar-refractivity contribution in [1.82, 2.24) is 5.32 Å². The molecule has 0 saturated carbocycles. The van der Waals surface area contributed by atoms with Crippen LogP contribution in [0.3, 0.4) is 0 Å². The van der Waals surface area contributed by atoms with Gasteiger partial charge in [0.2, 0.25) is 5.91 Å². The SMILES string of the molecule is CCCCCCCC/C=C/CCCCCCCCCCCCCC(=O)N[C@@H](CO[C@H]1O[C@@H]2COC(c3ccccc3)O[C@@H]2[C@H](OC(=O)c2ccccc2)[C@H]1OC(=O)c1ccccc1)[C@@H](/C=C/CCCCCCCCCCCCC)OC(=O)c1ccccc1. The first-order valence-corrected chi connectivity index (χ1v) is 34.3. The molecule has 2 aliphatic heterocycles. The van der Waals surface area contributed by atoms with E-state index in [1.165, 1.54) is 148 Å². The molecule has 4 aromatic rings. The van der Waals surface area contributed by atoms with E-state index in [0.29, 0.717) is 12.0 Å². The Kier molecular flexibility index (Phi) is 36.0. The van der Waals surface area contributed by atoms with Gasteiger partial charge in [-0.1, -0.05) is 271 Å². The molecule has 6 rings (SSSR count). The normalized spacial score (nSPS) is 19.0. The zero-order valence-electron chi connectivity index (χ0n) is 53.5. The van der Waals surface area contributed by atoms with Crippen molar-refractivity contribution in [2.24, 2.45) is 0 Å². The Bertz CT molecular complexity index is 2520. The van der Waals surface area contributed by atoms with E-state index in [2.05, 4.69) is 31.3 Å². The van der Waals surface area contributed by atoms with Gasteiger partial charge in [0.05, 0.1) is 35.9 Å². The fourth-order valence-corrected chi connectivity index (χ4v) is 11.5. The summed E-state index contributed by atoms with van der Waals surface area (Å²) < 4.78 is 45.5. The Morgan fingerprint density at radius 2 is 0.886 bits per heavy atom. The van der Waals surface area contributed by atoms with Gasteiger partial charge in [0.15, 0.2) is 24.8 Å². The summed E-state index contributed by atoms with van der Waals surface area (Å²) in [5, 5.41) is 3.20. The van der Waals surface area contributed by atoms with Crippen LogP contribution >= 0.6 is 0 Å². The largest absolute Gasteiger partial charge is 0.452 e. The first-order chi connectivity index (χ1) is 43.3. The first-order valence-electron chi connectivity index (χ1n) is 34.3. The average molecular weight is 1210 g/mol. The minimum absolute atomic E-state index is 0.0137. The molecule has 12 heteroatoms. The Balaban J connectivity index is 1.13. The van der Waals surface area contributed by atoms with Crippen molar-refractivity contribution < 1.29 is 52.3 Å². The number of carbonyl (C=O) groups excluding carboxylic acids is 4. The van der Waals surface area contributed by atoms with E-state index in [4.69, 9.17) is 33.2 Å². The van der Waals surface area contributed by atoms with Crippen LogP contribution in [0.15, 0.2) is 146 Å². The number of hydrogen-bond acceptors (Lipinski definition) is 11. The molecule has 2 saturated heterocycles. The third-order valence-electron chi connectivity index (χ3n) is 16.8. The maximum Gasteiger partial charge on any atom is 0.338 e. The summed E-state index contributed by atoms with van der Waals surface area (Å²) >= 11 is 0. The molecular formula is C76H107NO11. The van der Waals surface area contributed by atoms with Crippen LogP contribution in [0.5, 0.6) is 0 Å². The molecule has 0 bridgehead atoms. The van der Waals surface area contributed by atoms with Gasteiger partial charge >= 0.3 is 17.9 Å². The lowest BCUT2D eigenvalue weighted by Gasteiger charge is -2.48. The number of allylic oxidation sites excluding steroid dienone is 3. The highest BCUT2D eigenvalue weighted by Gasteiger charge is 2.55. The van der Waals surface area contributed by atoms with Crippen LogP contribution in [-0.2, 0) is 38.0 Å². The summed E-state index contributed by atoms with van der Waals surface area (Å²) in [6, 6.07) is 34.3. The second-order valence-corrected chi connectivity index (χ2v) is 24.1. The van der Waals surface area contributed by atoms with Gasteiger partial charge in [0, 0.05) is 12.0 Å². The molecule has 2 heterocycles. The van der Waals surface area contributed by atoms with Crippen LogP contribution in [0.4, 0.5) is 0 Å². The first kappa shape index (κ1) is 71.2. The number of fused-ring (bicyclic) bond motifs is 1. The van der Waals surface area contributed by atoms with Crippen LogP contribution in [0, 0.1) is 0 Å². The van der Waals surface area contributed by atoms with E-state index in [9.17, 15) is 19.2 Å². The zero-order valence-corrected chi connectivity index (χ0v) is 53.5. The van der Waals surface area contributed by atoms with Crippen molar-refractivity contribution in [1.29, 1.82) is 0 Å². The molecule has 8 atom stereocenters.